The smallest absolute Gasteiger partial charge is 0.0434 e. The lowest BCUT2D eigenvalue weighted by Crippen LogP contribution is -2.43. The van der Waals surface area contributed by atoms with Crippen LogP contribution in [0, 0.1) is 6.92 Å². The minimum absolute atomic E-state index is 0. The van der Waals surface area contributed by atoms with Crippen molar-refractivity contribution >= 4 is 12.4 Å². The fourth-order valence-electron chi connectivity index (χ4n) is 3.00. The lowest BCUT2D eigenvalue weighted by atomic mass is 9.76. The standard InChI is InChI=1S/C15H23N.ClH/c1-3-16-15(10-5-4-6-11-15)14-9-7-8-13(2)12-14;/h7-9,12,16H,3-6,10-11H2,1-2H3;1H. The van der Waals surface area contributed by atoms with E-state index in [4.69, 9.17) is 0 Å². The van der Waals surface area contributed by atoms with E-state index in [0.717, 1.165) is 6.54 Å². The Hall–Kier alpha value is -0.530. The molecule has 96 valence electrons. The Bertz CT molecular complexity index is 337. The molecule has 1 aliphatic rings. The molecule has 2 heteroatoms. The minimum Gasteiger partial charge on any atom is -0.308 e. The largest absolute Gasteiger partial charge is 0.308 e. The van der Waals surface area contributed by atoms with Gasteiger partial charge >= 0.3 is 0 Å². The highest BCUT2D eigenvalue weighted by molar-refractivity contribution is 5.85. The third kappa shape index (κ3) is 3.23. The Kier molecular flexibility index (Phi) is 5.48. The molecule has 1 fully saturated rings. The summed E-state index contributed by atoms with van der Waals surface area (Å²) in [5, 5.41) is 3.74. The van der Waals surface area contributed by atoms with E-state index in [0.29, 0.717) is 0 Å². The lowest BCUT2D eigenvalue weighted by molar-refractivity contribution is 0.238. The molecule has 0 bridgehead atoms. The molecule has 1 N–H and O–H groups in total. The highest BCUT2D eigenvalue weighted by Crippen LogP contribution is 2.37. The van der Waals surface area contributed by atoms with Crippen LogP contribution in [0.4, 0.5) is 0 Å². The first kappa shape index (κ1) is 14.5. The molecule has 0 amide bonds. The zero-order valence-corrected chi connectivity index (χ0v) is 11.8. The summed E-state index contributed by atoms with van der Waals surface area (Å²) in [5.41, 5.74) is 3.13. The van der Waals surface area contributed by atoms with Gasteiger partial charge in [0.1, 0.15) is 0 Å². The van der Waals surface area contributed by atoms with Crippen LogP contribution in [0.2, 0.25) is 0 Å². The van der Waals surface area contributed by atoms with Gasteiger partial charge in [-0.25, -0.2) is 0 Å². The van der Waals surface area contributed by atoms with Crippen molar-refractivity contribution in [2.45, 2.75) is 51.5 Å². The number of hydrogen-bond acceptors (Lipinski definition) is 1. The molecule has 2 rings (SSSR count). The Morgan fingerprint density at radius 1 is 1.18 bits per heavy atom. The summed E-state index contributed by atoms with van der Waals surface area (Å²) in [5.74, 6) is 0. The van der Waals surface area contributed by atoms with Gasteiger partial charge in [-0.15, -0.1) is 12.4 Å². The van der Waals surface area contributed by atoms with Crippen molar-refractivity contribution in [3.63, 3.8) is 0 Å². The van der Waals surface area contributed by atoms with Crippen LogP contribution in [0.1, 0.15) is 50.2 Å². The third-order valence-electron chi connectivity index (χ3n) is 3.79. The third-order valence-corrected chi connectivity index (χ3v) is 3.79. The van der Waals surface area contributed by atoms with E-state index in [-0.39, 0.29) is 17.9 Å². The zero-order chi connectivity index (χ0) is 11.4. The molecule has 0 heterocycles. The SMILES string of the molecule is CCNC1(c2cccc(C)c2)CCCCC1.Cl. The molecular weight excluding hydrogens is 230 g/mol. The van der Waals surface area contributed by atoms with E-state index in [1.807, 2.05) is 0 Å². The lowest BCUT2D eigenvalue weighted by Gasteiger charge is -2.39. The van der Waals surface area contributed by atoms with Crippen LogP contribution < -0.4 is 5.32 Å². The molecule has 0 radical (unpaired) electrons. The monoisotopic (exact) mass is 253 g/mol. The second-order valence-electron chi connectivity index (χ2n) is 5.04. The first-order valence-electron chi connectivity index (χ1n) is 6.59. The summed E-state index contributed by atoms with van der Waals surface area (Å²) in [4.78, 5) is 0. The summed E-state index contributed by atoms with van der Waals surface area (Å²) in [6.45, 7) is 5.46. The number of aryl methyl sites for hydroxylation is 1. The van der Waals surface area contributed by atoms with Crippen molar-refractivity contribution in [1.82, 2.24) is 5.32 Å². The van der Waals surface area contributed by atoms with Gasteiger partial charge in [-0.1, -0.05) is 56.0 Å². The molecule has 0 aromatic heterocycles. The Labute approximate surface area is 111 Å². The Morgan fingerprint density at radius 2 is 1.88 bits per heavy atom. The fourth-order valence-corrected chi connectivity index (χ4v) is 3.00. The van der Waals surface area contributed by atoms with Crippen LogP contribution in [-0.2, 0) is 5.54 Å². The van der Waals surface area contributed by atoms with Crippen molar-refractivity contribution in [2.75, 3.05) is 6.54 Å². The van der Waals surface area contributed by atoms with Gasteiger partial charge in [-0.05, 0) is 31.9 Å². The molecule has 0 spiro atoms. The predicted octanol–water partition coefficient (Wildman–Crippen LogP) is 4.19. The van der Waals surface area contributed by atoms with Gasteiger partial charge in [-0.2, -0.15) is 0 Å². The predicted molar refractivity (Wildman–Crippen MR) is 76.9 cm³/mol. The van der Waals surface area contributed by atoms with Gasteiger partial charge in [-0.3, -0.25) is 0 Å². The van der Waals surface area contributed by atoms with Crippen LogP contribution in [0.3, 0.4) is 0 Å². The highest BCUT2D eigenvalue weighted by Gasteiger charge is 2.32. The maximum Gasteiger partial charge on any atom is 0.0434 e. The van der Waals surface area contributed by atoms with Crippen LogP contribution in [-0.4, -0.2) is 6.54 Å². The topological polar surface area (TPSA) is 12.0 Å². The molecule has 0 unspecified atom stereocenters. The van der Waals surface area contributed by atoms with E-state index in [1.165, 1.54) is 43.2 Å². The van der Waals surface area contributed by atoms with Crippen LogP contribution in [0.25, 0.3) is 0 Å². The summed E-state index contributed by atoms with van der Waals surface area (Å²) in [7, 11) is 0. The maximum atomic E-state index is 3.74. The molecule has 17 heavy (non-hydrogen) atoms. The normalized spacial score (nSPS) is 18.5. The molecular formula is C15H24ClN. The van der Waals surface area contributed by atoms with Crippen LogP contribution >= 0.6 is 12.4 Å². The summed E-state index contributed by atoms with van der Waals surface area (Å²) < 4.78 is 0. The van der Waals surface area contributed by atoms with Gasteiger partial charge < -0.3 is 5.32 Å². The van der Waals surface area contributed by atoms with Gasteiger partial charge in [0.15, 0.2) is 0 Å². The summed E-state index contributed by atoms with van der Waals surface area (Å²) in [6, 6.07) is 9.03. The molecule has 1 aliphatic carbocycles. The van der Waals surface area contributed by atoms with Gasteiger partial charge in [0, 0.05) is 5.54 Å². The Morgan fingerprint density at radius 3 is 2.47 bits per heavy atom. The molecule has 0 saturated heterocycles. The number of rotatable bonds is 3. The van der Waals surface area contributed by atoms with Gasteiger partial charge in [0.2, 0.25) is 0 Å². The van der Waals surface area contributed by atoms with E-state index in [1.54, 1.807) is 0 Å². The van der Waals surface area contributed by atoms with Crippen LogP contribution in [0.15, 0.2) is 24.3 Å². The van der Waals surface area contributed by atoms with Crippen molar-refractivity contribution in [1.29, 1.82) is 0 Å². The van der Waals surface area contributed by atoms with Crippen molar-refractivity contribution in [3.05, 3.63) is 35.4 Å². The first-order chi connectivity index (χ1) is 7.77. The first-order valence-corrected chi connectivity index (χ1v) is 6.59. The van der Waals surface area contributed by atoms with Gasteiger partial charge in [0.05, 0.1) is 0 Å². The minimum atomic E-state index is 0. The fraction of sp³-hybridized carbons (Fsp3) is 0.600. The van der Waals surface area contributed by atoms with E-state index >= 15 is 0 Å². The van der Waals surface area contributed by atoms with Crippen molar-refractivity contribution in [3.8, 4) is 0 Å². The molecule has 1 aromatic rings. The number of hydrogen-bond donors (Lipinski definition) is 1. The zero-order valence-electron chi connectivity index (χ0n) is 11.0. The average Bonchev–Trinajstić information content (AvgIpc) is 2.31. The summed E-state index contributed by atoms with van der Waals surface area (Å²) in [6.07, 6.45) is 6.72. The Balaban J connectivity index is 0.00000144. The number of halogens is 1. The number of benzene rings is 1. The molecule has 1 nitrogen and oxygen atoms in total. The highest BCUT2D eigenvalue weighted by atomic mass is 35.5. The average molecular weight is 254 g/mol. The van der Waals surface area contributed by atoms with E-state index in [2.05, 4.69) is 43.4 Å². The maximum absolute atomic E-state index is 3.74. The quantitative estimate of drug-likeness (QED) is 0.852. The second kappa shape index (κ2) is 6.42. The number of nitrogens with one attached hydrogen (secondary N) is 1. The summed E-state index contributed by atoms with van der Waals surface area (Å²) >= 11 is 0. The van der Waals surface area contributed by atoms with Crippen LogP contribution in [0.5, 0.6) is 0 Å². The van der Waals surface area contributed by atoms with Crippen molar-refractivity contribution < 1.29 is 0 Å². The molecule has 1 saturated carbocycles. The van der Waals surface area contributed by atoms with Gasteiger partial charge in [0.25, 0.3) is 0 Å². The van der Waals surface area contributed by atoms with E-state index in [9.17, 15) is 0 Å². The molecule has 0 atom stereocenters. The van der Waals surface area contributed by atoms with E-state index < -0.39 is 0 Å². The second-order valence-corrected chi connectivity index (χ2v) is 5.04. The van der Waals surface area contributed by atoms with Crippen molar-refractivity contribution in [2.24, 2.45) is 0 Å². The molecule has 1 aromatic carbocycles. The molecule has 0 aliphatic heterocycles.